The van der Waals surface area contributed by atoms with Crippen LogP contribution >= 0.6 is 0 Å². The zero-order chi connectivity index (χ0) is 21.1. The van der Waals surface area contributed by atoms with E-state index in [1.807, 2.05) is 54.6 Å². The van der Waals surface area contributed by atoms with Crippen LogP contribution < -0.4 is 0 Å². The van der Waals surface area contributed by atoms with Crippen molar-refractivity contribution in [3.63, 3.8) is 0 Å². The summed E-state index contributed by atoms with van der Waals surface area (Å²) < 4.78 is 6.20. The Morgan fingerprint density at radius 2 is 1.58 bits per heavy atom. The van der Waals surface area contributed by atoms with Gasteiger partial charge in [0, 0.05) is 16.3 Å². The van der Waals surface area contributed by atoms with Crippen molar-refractivity contribution in [2.24, 2.45) is 5.92 Å². The van der Waals surface area contributed by atoms with Crippen molar-refractivity contribution in [1.29, 1.82) is 0 Å². The minimum absolute atomic E-state index is 0.0414. The number of benzene rings is 4. The van der Waals surface area contributed by atoms with Crippen molar-refractivity contribution in [1.82, 2.24) is 0 Å². The Morgan fingerprint density at radius 3 is 2.39 bits per heavy atom. The van der Waals surface area contributed by atoms with Crippen molar-refractivity contribution in [3.05, 3.63) is 106 Å². The molecule has 0 bridgehead atoms. The van der Waals surface area contributed by atoms with Crippen LogP contribution in [0.4, 0.5) is 0 Å². The van der Waals surface area contributed by atoms with Crippen molar-refractivity contribution in [2.45, 2.75) is 13.3 Å². The van der Waals surface area contributed by atoms with Crippen molar-refractivity contribution >= 4 is 44.0 Å². The Hall–Kier alpha value is -3.92. The first-order chi connectivity index (χ1) is 15.1. The summed E-state index contributed by atoms with van der Waals surface area (Å²) in [6, 6.07) is 26.1. The van der Waals surface area contributed by atoms with E-state index >= 15 is 0 Å². The summed E-state index contributed by atoms with van der Waals surface area (Å²) in [4.78, 5) is 11.9. The topological polar surface area (TPSA) is 56.3 Å². The molecule has 150 valence electrons. The highest BCUT2D eigenvalue weighted by atomic mass is 16.6. The number of furan rings is 1. The summed E-state index contributed by atoms with van der Waals surface area (Å²) >= 11 is 0. The molecule has 0 amide bonds. The molecule has 0 saturated carbocycles. The second kappa shape index (κ2) is 6.54. The Balaban J connectivity index is 1.60. The SMILES string of the molecule is CC1Cc2ccccc2C([N+](=O)[O-])=C1c1ccc2c(c1)oc1cc3ccccc3cc12. The van der Waals surface area contributed by atoms with Crippen LogP contribution in [0.5, 0.6) is 0 Å². The van der Waals surface area contributed by atoms with E-state index in [-0.39, 0.29) is 16.5 Å². The second-order valence-corrected chi connectivity index (χ2v) is 8.29. The molecular formula is C27H19NO3. The highest BCUT2D eigenvalue weighted by Gasteiger charge is 2.33. The van der Waals surface area contributed by atoms with Gasteiger partial charge in [-0.3, -0.25) is 10.1 Å². The van der Waals surface area contributed by atoms with Gasteiger partial charge in [0.1, 0.15) is 11.2 Å². The van der Waals surface area contributed by atoms with Gasteiger partial charge in [0.2, 0.25) is 0 Å². The van der Waals surface area contributed by atoms with Gasteiger partial charge in [-0.25, -0.2) is 0 Å². The lowest BCUT2D eigenvalue weighted by atomic mass is 9.79. The van der Waals surface area contributed by atoms with E-state index in [1.165, 1.54) is 0 Å². The molecule has 1 heterocycles. The van der Waals surface area contributed by atoms with E-state index in [4.69, 9.17) is 4.42 Å². The molecule has 31 heavy (non-hydrogen) atoms. The normalized spacial score (nSPS) is 16.2. The van der Waals surface area contributed by atoms with Crippen molar-refractivity contribution in [2.75, 3.05) is 0 Å². The molecule has 0 spiro atoms. The third-order valence-electron chi connectivity index (χ3n) is 6.38. The van der Waals surface area contributed by atoms with Gasteiger partial charge in [0.05, 0.1) is 10.5 Å². The van der Waals surface area contributed by atoms with Gasteiger partial charge in [-0.05, 0) is 64.6 Å². The van der Waals surface area contributed by atoms with Crippen LogP contribution in [0.15, 0.2) is 83.3 Å². The lowest BCUT2D eigenvalue weighted by Gasteiger charge is -2.23. The summed E-state index contributed by atoms with van der Waals surface area (Å²) in [6.07, 6.45) is 0.784. The largest absolute Gasteiger partial charge is 0.456 e. The molecule has 4 nitrogen and oxygen atoms in total. The monoisotopic (exact) mass is 405 g/mol. The minimum Gasteiger partial charge on any atom is -0.456 e. The predicted octanol–water partition coefficient (Wildman–Crippen LogP) is 7.08. The molecule has 0 radical (unpaired) electrons. The molecule has 1 atom stereocenters. The fraction of sp³-hybridized carbons (Fsp3) is 0.111. The molecule has 5 aromatic rings. The van der Waals surface area contributed by atoms with Crippen LogP contribution in [-0.2, 0) is 6.42 Å². The molecule has 4 heteroatoms. The third-order valence-corrected chi connectivity index (χ3v) is 6.38. The van der Waals surface area contributed by atoms with Crippen molar-refractivity contribution < 1.29 is 9.34 Å². The molecule has 1 unspecified atom stereocenters. The molecule has 6 rings (SSSR count). The Morgan fingerprint density at radius 1 is 0.871 bits per heavy atom. The molecule has 4 aromatic carbocycles. The zero-order valence-corrected chi connectivity index (χ0v) is 17.0. The number of fused-ring (bicyclic) bond motifs is 5. The van der Waals surface area contributed by atoms with Gasteiger partial charge in [-0.15, -0.1) is 0 Å². The number of hydrogen-bond acceptors (Lipinski definition) is 3. The van der Waals surface area contributed by atoms with Gasteiger partial charge in [-0.1, -0.05) is 55.5 Å². The maximum Gasteiger partial charge on any atom is 0.280 e. The van der Waals surface area contributed by atoms with Gasteiger partial charge >= 0.3 is 0 Å². The van der Waals surface area contributed by atoms with Crippen LogP contribution in [0.1, 0.15) is 23.6 Å². The standard InChI is InChI=1S/C27H19NO3/c1-16-12-19-8-4-5-9-21(19)27(28(29)30)26(16)20-10-11-22-23-13-17-6-2-3-7-18(17)14-25(23)31-24(22)15-20/h2-11,13-16H,12H2,1H3. The number of rotatable bonds is 2. The average Bonchev–Trinajstić information content (AvgIpc) is 3.12. The summed E-state index contributed by atoms with van der Waals surface area (Å²) in [5, 5.41) is 16.5. The first-order valence-corrected chi connectivity index (χ1v) is 10.4. The highest BCUT2D eigenvalue weighted by molar-refractivity contribution is 6.10. The summed E-state index contributed by atoms with van der Waals surface area (Å²) in [7, 11) is 0. The maximum atomic E-state index is 12.1. The van der Waals surface area contributed by atoms with Gasteiger partial charge in [-0.2, -0.15) is 0 Å². The lowest BCUT2D eigenvalue weighted by molar-refractivity contribution is -0.375. The Kier molecular flexibility index (Phi) is 3.78. The quantitative estimate of drug-likeness (QED) is 0.233. The maximum absolute atomic E-state index is 12.1. The van der Waals surface area contributed by atoms with Crippen LogP contribution in [-0.4, -0.2) is 4.92 Å². The van der Waals surface area contributed by atoms with Crippen molar-refractivity contribution in [3.8, 4) is 0 Å². The minimum atomic E-state index is -0.237. The second-order valence-electron chi connectivity index (χ2n) is 8.29. The summed E-state index contributed by atoms with van der Waals surface area (Å²) in [5.74, 6) is 0.0414. The van der Waals surface area contributed by atoms with Crippen LogP contribution in [0.25, 0.3) is 44.0 Å². The molecule has 0 fully saturated rings. The summed E-state index contributed by atoms with van der Waals surface area (Å²) in [5.41, 5.74) is 5.16. The first-order valence-electron chi connectivity index (χ1n) is 10.4. The van der Waals surface area contributed by atoms with Crippen LogP contribution in [0, 0.1) is 16.0 Å². The molecule has 0 N–H and O–H groups in total. The zero-order valence-electron chi connectivity index (χ0n) is 17.0. The van der Waals surface area contributed by atoms with Crippen LogP contribution in [0.3, 0.4) is 0 Å². The predicted molar refractivity (Wildman–Crippen MR) is 124 cm³/mol. The fourth-order valence-corrected chi connectivity index (χ4v) is 4.99. The summed E-state index contributed by atoms with van der Waals surface area (Å²) in [6.45, 7) is 2.06. The third kappa shape index (κ3) is 2.68. The van der Waals surface area contributed by atoms with Gasteiger partial charge in [0.15, 0.2) is 0 Å². The first kappa shape index (κ1) is 17.9. The van der Waals surface area contributed by atoms with E-state index in [0.717, 1.165) is 61.4 Å². The fourth-order valence-electron chi connectivity index (χ4n) is 4.99. The highest BCUT2D eigenvalue weighted by Crippen LogP contribution is 2.42. The van der Waals surface area contributed by atoms with Crippen LogP contribution in [0.2, 0.25) is 0 Å². The molecule has 1 aliphatic carbocycles. The van der Waals surface area contributed by atoms with E-state index in [1.54, 1.807) is 0 Å². The van der Waals surface area contributed by atoms with E-state index < -0.39 is 0 Å². The Bertz CT molecular complexity index is 1560. The molecule has 0 aliphatic heterocycles. The van der Waals surface area contributed by atoms with E-state index in [9.17, 15) is 10.1 Å². The van der Waals surface area contributed by atoms with E-state index in [2.05, 4.69) is 31.2 Å². The molecule has 0 saturated heterocycles. The van der Waals surface area contributed by atoms with Gasteiger partial charge < -0.3 is 4.42 Å². The lowest BCUT2D eigenvalue weighted by Crippen LogP contribution is -2.17. The molecule has 1 aliphatic rings. The smallest absolute Gasteiger partial charge is 0.280 e. The number of hydrogen-bond donors (Lipinski definition) is 0. The Labute approximate surface area is 178 Å². The molecular weight excluding hydrogens is 386 g/mol. The average molecular weight is 405 g/mol. The number of nitro groups is 1. The number of allylic oxidation sites excluding steroid dienone is 1. The van der Waals surface area contributed by atoms with Gasteiger partial charge in [0.25, 0.3) is 5.70 Å². The molecule has 1 aromatic heterocycles. The van der Waals surface area contributed by atoms with E-state index in [0.29, 0.717) is 0 Å². The number of nitrogens with zero attached hydrogens (tertiary/aromatic N) is 1.